The van der Waals surface area contributed by atoms with Crippen molar-refractivity contribution in [3.63, 3.8) is 0 Å². The van der Waals surface area contributed by atoms with E-state index < -0.39 is 0 Å². The van der Waals surface area contributed by atoms with E-state index in [1.807, 2.05) is 36.4 Å². The van der Waals surface area contributed by atoms with Gasteiger partial charge in [-0.2, -0.15) is 0 Å². The van der Waals surface area contributed by atoms with Crippen molar-refractivity contribution < 1.29 is 9.53 Å². The van der Waals surface area contributed by atoms with Crippen molar-refractivity contribution in [2.75, 3.05) is 12.4 Å². The van der Waals surface area contributed by atoms with Crippen LogP contribution in [0.2, 0.25) is 0 Å². The average Bonchev–Trinajstić information content (AvgIpc) is 2.63. The average molecular weight is 309 g/mol. The van der Waals surface area contributed by atoms with Gasteiger partial charge in [0, 0.05) is 17.3 Å². The molecule has 23 heavy (non-hydrogen) atoms. The third-order valence-corrected chi connectivity index (χ3v) is 4.58. The summed E-state index contributed by atoms with van der Waals surface area (Å²) in [7, 11) is 1.62. The van der Waals surface area contributed by atoms with Gasteiger partial charge in [0.25, 0.3) is 5.91 Å². The normalized spacial score (nSPS) is 15.2. The molecule has 1 aliphatic carbocycles. The molecule has 0 radical (unpaired) electrons. The fraction of sp³-hybridized carbons (Fsp3) is 0.350. The van der Waals surface area contributed by atoms with Gasteiger partial charge in [0.1, 0.15) is 5.75 Å². The fourth-order valence-electron chi connectivity index (χ4n) is 3.25. The number of anilines is 1. The maximum Gasteiger partial charge on any atom is 0.255 e. The van der Waals surface area contributed by atoms with Crippen LogP contribution in [0.25, 0.3) is 0 Å². The van der Waals surface area contributed by atoms with Crippen LogP contribution in [-0.4, -0.2) is 13.0 Å². The van der Waals surface area contributed by atoms with Gasteiger partial charge in [-0.3, -0.25) is 4.79 Å². The molecule has 1 fully saturated rings. The number of carbonyl (C=O) groups excluding carboxylic acids is 1. The SMILES string of the molecule is COc1cccc(NC(=O)c2ccc(C3CCCCC3)cc2)c1. The summed E-state index contributed by atoms with van der Waals surface area (Å²) in [5.41, 5.74) is 2.79. The summed E-state index contributed by atoms with van der Waals surface area (Å²) in [5.74, 6) is 1.31. The standard InChI is InChI=1S/C20H23NO2/c1-23-19-9-5-8-18(14-19)21-20(22)17-12-10-16(11-13-17)15-6-3-2-4-7-15/h5,8-15H,2-4,6-7H2,1H3,(H,21,22). The van der Waals surface area contributed by atoms with Crippen LogP contribution >= 0.6 is 0 Å². The monoisotopic (exact) mass is 309 g/mol. The molecule has 3 heteroatoms. The molecule has 1 aliphatic rings. The van der Waals surface area contributed by atoms with E-state index in [0.29, 0.717) is 11.5 Å². The summed E-state index contributed by atoms with van der Waals surface area (Å²) in [6.07, 6.45) is 6.55. The van der Waals surface area contributed by atoms with Crippen molar-refractivity contribution in [2.45, 2.75) is 38.0 Å². The fourth-order valence-corrected chi connectivity index (χ4v) is 3.25. The van der Waals surface area contributed by atoms with Crippen LogP contribution in [0.4, 0.5) is 5.69 Å². The molecule has 0 saturated heterocycles. The summed E-state index contributed by atoms with van der Waals surface area (Å²) in [5, 5.41) is 2.91. The molecule has 2 aromatic rings. The minimum absolute atomic E-state index is 0.0894. The summed E-state index contributed by atoms with van der Waals surface area (Å²) in [4.78, 5) is 12.3. The Balaban J connectivity index is 1.67. The number of methoxy groups -OCH3 is 1. The Morgan fingerprint density at radius 3 is 2.48 bits per heavy atom. The molecule has 0 bridgehead atoms. The van der Waals surface area contributed by atoms with Crippen molar-refractivity contribution >= 4 is 11.6 Å². The molecule has 120 valence electrons. The lowest BCUT2D eigenvalue weighted by molar-refractivity contribution is 0.102. The second-order valence-electron chi connectivity index (χ2n) is 6.14. The molecule has 1 N–H and O–H groups in total. The lowest BCUT2D eigenvalue weighted by Crippen LogP contribution is -2.12. The zero-order valence-corrected chi connectivity index (χ0v) is 13.5. The molecule has 3 nitrogen and oxygen atoms in total. The van der Waals surface area contributed by atoms with Crippen LogP contribution in [0.1, 0.15) is 53.9 Å². The van der Waals surface area contributed by atoms with Gasteiger partial charge in [0.2, 0.25) is 0 Å². The number of hydrogen-bond acceptors (Lipinski definition) is 2. The quantitative estimate of drug-likeness (QED) is 0.863. The van der Waals surface area contributed by atoms with Crippen molar-refractivity contribution in [1.82, 2.24) is 0 Å². The number of hydrogen-bond donors (Lipinski definition) is 1. The van der Waals surface area contributed by atoms with Crippen molar-refractivity contribution in [3.05, 3.63) is 59.7 Å². The molecule has 0 aliphatic heterocycles. The number of benzene rings is 2. The summed E-state index contributed by atoms with van der Waals surface area (Å²) in [6, 6.07) is 15.5. The molecule has 1 saturated carbocycles. The lowest BCUT2D eigenvalue weighted by Gasteiger charge is -2.22. The Kier molecular flexibility index (Phi) is 4.96. The van der Waals surface area contributed by atoms with Crippen LogP contribution in [-0.2, 0) is 0 Å². The number of ether oxygens (including phenoxy) is 1. The van der Waals surface area contributed by atoms with Gasteiger partial charge in [0.05, 0.1) is 7.11 Å². The first-order valence-corrected chi connectivity index (χ1v) is 8.31. The second-order valence-corrected chi connectivity index (χ2v) is 6.14. The highest BCUT2D eigenvalue weighted by Crippen LogP contribution is 2.32. The van der Waals surface area contributed by atoms with Gasteiger partial charge in [-0.1, -0.05) is 37.5 Å². The highest BCUT2D eigenvalue weighted by Gasteiger charge is 2.16. The minimum atomic E-state index is -0.0894. The Bertz CT molecular complexity index is 658. The minimum Gasteiger partial charge on any atom is -0.497 e. The summed E-state index contributed by atoms with van der Waals surface area (Å²) >= 11 is 0. The molecule has 0 atom stereocenters. The van der Waals surface area contributed by atoms with E-state index in [1.54, 1.807) is 7.11 Å². The first kappa shape index (κ1) is 15.6. The van der Waals surface area contributed by atoms with E-state index in [1.165, 1.54) is 37.7 Å². The first-order chi connectivity index (χ1) is 11.3. The molecule has 2 aromatic carbocycles. The number of rotatable bonds is 4. The van der Waals surface area contributed by atoms with Gasteiger partial charge in [-0.05, 0) is 48.6 Å². The van der Waals surface area contributed by atoms with Gasteiger partial charge in [-0.15, -0.1) is 0 Å². The highest BCUT2D eigenvalue weighted by molar-refractivity contribution is 6.04. The molecular formula is C20H23NO2. The Labute approximate surface area is 137 Å². The van der Waals surface area contributed by atoms with Crippen molar-refractivity contribution in [2.24, 2.45) is 0 Å². The van der Waals surface area contributed by atoms with Gasteiger partial charge < -0.3 is 10.1 Å². The highest BCUT2D eigenvalue weighted by atomic mass is 16.5. The number of amides is 1. The van der Waals surface area contributed by atoms with E-state index in [0.717, 1.165) is 11.4 Å². The molecule has 0 aromatic heterocycles. The van der Waals surface area contributed by atoms with Gasteiger partial charge in [-0.25, -0.2) is 0 Å². The maximum atomic E-state index is 12.3. The summed E-state index contributed by atoms with van der Waals surface area (Å²) < 4.78 is 5.17. The van der Waals surface area contributed by atoms with Crippen LogP contribution in [0.15, 0.2) is 48.5 Å². The van der Waals surface area contributed by atoms with Crippen molar-refractivity contribution in [3.8, 4) is 5.75 Å². The maximum absolute atomic E-state index is 12.3. The molecule has 0 spiro atoms. The first-order valence-electron chi connectivity index (χ1n) is 8.31. The van der Waals surface area contributed by atoms with Crippen molar-refractivity contribution in [1.29, 1.82) is 0 Å². The second kappa shape index (κ2) is 7.32. The van der Waals surface area contributed by atoms with Crippen LogP contribution in [0.5, 0.6) is 5.75 Å². The van der Waals surface area contributed by atoms with Gasteiger partial charge in [0.15, 0.2) is 0 Å². The van der Waals surface area contributed by atoms with Crippen LogP contribution in [0.3, 0.4) is 0 Å². The van der Waals surface area contributed by atoms with Gasteiger partial charge >= 0.3 is 0 Å². The van der Waals surface area contributed by atoms with Crippen LogP contribution in [0, 0.1) is 0 Å². The zero-order chi connectivity index (χ0) is 16.1. The molecule has 1 amide bonds. The topological polar surface area (TPSA) is 38.3 Å². The lowest BCUT2D eigenvalue weighted by atomic mass is 9.84. The number of nitrogens with one attached hydrogen (secondary N) is 1. The Hall–Kier alpha value is -2.29. The molecular weight excluding hydrogens is 286 g/mol. The molecule has 0 unspecified atom stereocenters. The molecule has 3 rings (SSSR count). The van der Waals surface area contributed by atoms with Crippen LogP contribution < -0.4 is 10.1 Å². The molecule has 0 heterocycles. The Morgan fingerprint density at radius 2 is 1.78 bits per heavy atom. The third-order valence-electron chi connectivity index (χ3n) is 4.58. The zero-order valence-electron chi connectivity index (χ0n) is 13.5. The van der Waals surface area contributed by atoms with E-state index in [4.69, 9.17) is 4.74 Å². The van der Waals surface area contributed by atoms with E-state index >= 15 is 0 Å². The largest absolute Gasteiger partial charge is 0.497 e. The predicted molar refractivity (Wildman–Crippen MR) is 93.2 cm³/mol. The smallest absolute Gasteiger partial charge is 0.255 e. The third kappa shape index (κ3) is 3.92. The number of carbonyl (C=O) groups is 1. The summed E-state index contributed by atoms with van der Waals surface area (Å²) in [6.45, 7) is 0. The predicted octanol–water partition coefficient (Wildman–Crippen LogP) is 5.00. The van der Waals surface area contributed by atoms with E-state index in [-0.39, 0.29) is 5.91 Å². The van der Waals surface area contributed by atoms with E-state index in [2.05, 4.69) is 17.4 Å². The Morgan fingerprint density at radius 1 is 1.04 bits per heavy atom. The van der Waals surface area contributed by atoms with E-state index in [9.17, 15) is 4.79 Å².